The first-order chi connectivity index (χ1) is 9.35. The van der Waals surface area contributed by atoms with Gasteiger partial charge in [-0.05, 0) is 39.5 Å². The van der Waals surface area contributed by atoms with E-state index in [2.05, 4.69) is 15.6 Å². The Morgan fingerprint density at radius 1 is 1.45 bits per heavy atom. The Kier molecular flexibility index (Phi) is 4.52. The lowest BCUT2D eigenvalue weighted by Gasteiger charge is -2.19. The molecule has 0 aliphatic heterocycles. The van der Waals surface area contributed by atoms with E-state index < -0.39 is 0 Å². The summed E-state index contributed by atoms with van der Waals surface area (Å²) in [7, 11) is 0. The summed E-state index contributed by atoms with van der Waals surface area (Å²) in [5, 5.41) is 6.85. The normalized spacial score (nSPS) is 15.2. The maximum atomic E-state index is 12.1. The first-order valence-electron chi connectivity index (χ1n) is 7.18. The van der Waals surface area contributed by atoms with Crippen LogP contribution in [-0.2, 0) is 0 Å². The molecule has 5 nitrogen and oxygen atoms in total. The molecule has 1 heterocycles. The fraction of sp³-hybridized carbons (Fsp3) is 0.714. The molecule has 1 aliphatic carbocycles. The quantitative estimate of drug-likeness (QED) is 0.705. The lowest BCUT2D eigenvalue weighted by molar-refractivity contribution is 0.0957. The van der Waals surface area contributed by atoms with Crippen LogP contribution in [0.15, 0.2) is 0 Å². The smallest absolute Gasteiger partial charge is 0.265 e. The molecular formula is C14H24N4OS. The molecule has 0 saturated heterocycles. The molecule has 1 fully saturated rings. The number of amides is 1. The molecule has 0 spiro atoms. The van der Waals surface area contributed by atoms with Crippen LogP contribution >= 0.6 is 11.3 Å². The molecule has 1 amide bonds. The van der Waals surface area contributed by atoms with Gasteiger partial charge in [0.15, 0.2) is 5.13 Å². The van der Waals surface area contributed by atoms with E-state index in [1.807, 2.05) is 20.8 Å². The van der Waals surface area contributed by atoms with Crippen LogP contribution in [0, 0.1) is 5.92 Å². The number of nitrogens with zero attached hydrogens (tertiary/aromatic N) is 1. The first kappa shape index (κ1) is 15.1. The predicted octanol–water partition coefficient (Wildman–Crippen LogP) is 2.86. The zero-order valence-corrected chi connectivity index (χ0v) is 13.3. The second kappa shape index (κ2) is 5.99. The van der Waals surface area contributed by atoms with E-state index in [1.54, 1.807) is 0 Å². The number of nitrogens with two attached hydrogens (primary N) is 1. The van der Waals surface area contributed by atoms with Crippen molar-refractivity contribution in [3.8, 4) is 0 Å². The van der Waals surface area contributed by atoms with Crippen LogP contribution < -0.4 is 16.4 Å². The van der Waals surface area contributed by atoms with Crippen LogP contribution in [0.5, 0.6) is 0 Å². The molecule has 0 unspecified atom stereocenters. The molecule has 112 valence electrons. The maximum Gasteiger partial charge on any atom is 0.265 e. The summed E-state index contributed by atoms with van der Waals surface area (Å²) < 4.78 is 0. The van der Waals surface area contributed by atoms with Gasteiger partial charge in [-0.2, -0.15) is 0 Å². The van der Waals surface area contributed by atoms with E-state index in [9.17, 15) is 4.79 Å². The lowest BCUT2D eigenvalue weighted by Crippen LogP contribution is -2.25. The summed E-state index contributed by atoms with van der Waals surface area (Å²) in [5.41, 5.74) is 5.73. The molecule has 1 aliphatic rings. The molecule has 2 rings (SSSR count). The van der Waals surface area contributed by atoms with Crippen LogP contribution in [-0.4, -0.2) is 23.0 Å². The van der Waals surface area contributed by atoms with Gasteiger partial charge < -0.3 is 16.4 Å². The highest BCUT2D eigenvalue weighted by atomic mass is 32.1. The van der Waals surface area contributed by atoms with Crippen molar-refractivity contribution in [3.63, 3.8) is 0 Å². The van der Waals surface area contributed by atoms with Gasteiger partial charge in [0.1, 0.15) is 10.7 Å². The summed E-state index contributed by atoms with van der Waals surface area (Å²) in [5.74, 6) is 1.10. The van der Waals surface area contributed by atoms with Crippen molar-refractivity contribution in [2.75, 3.05) is 17.6 Å². The van der Waals surface area contributed by atoms with Gasteiger partial charge in [-0.15, -0.1) is 0 Å². The molecule has 0 aromatic carbocycles. The number of thiazole rings is 1. The van der Waals surface area contributed by atoms with E-state index in [4.69, 9.17) is 5.73 Å². The molecule has 1 aromatic rings. The van der Waals surface area contributed by atoms with Gasteiger partial charge in [0.05, 0.1) is 0 Å². The van der Waals surface area contributed by atoms with E-state index in [1.165, 1.54) is 30.6 Å². The summed E-state index contributed by atoms with van der Waals surface area (Å²) in [6, 6.07) is 0. The number of anilines is 2. The maximum absolute atomic E-state index is 12.1. The second-order valence-corrected chi connectivity index (χ2v) is 7.45. The highest BCUT2D eigenvalue weighted by molar-refractivity contribution is 7.18. The minimum atomic E-state index is -0.113. The molecule has 1 aromatic heterocycles. The van der Waals surface area contributed by atoms with Gasteiger partial charge in [0.25, 0.3) is 5.91 Å². The summed E-state index contributed by atoms with van der Waals surface area (Å²) in [6.07, 6.45) is 4.98. The number of nitrogens with one attached hydrogen (secondary N) is 2. The Bertz CT molecular complexity index is 474. The van der Waals surface area contributed by atoms with Crippen molar-refractivity contribution in [1.82, 2.24) is 10.3 Å². The number of nitrogen functional groups attached to an aromatic ring is 1. The average molecular weight is 296 g/mol. The van der Waals surface area contributed by atoms with Gasteiger partial charge in [-0.3, -0.25) is 4.79 Å². The second-order valence-electron chi connectivity index (χ2n) is 6.45. The van der Waals surface area contributed by atoms with Gasteiger partial charge in [0, 0.05) is 12.1 Å². The van der Waals surface area contributed by atoms with Gasteiger partial charge in [-0.1, -0.05) is 24.2 Å². The Labute approximate surface area is 124 Å². The van der Waals surface area contributed by atoms with Crippen molar-refractivity contribution < 1.29 is 4.79 Å². The molecule has 4 N–H and O–H groups in total. The third kappa shape index (κ3) is 4.67. The van der Waals surface area contributed by atoms with Gasteiger partial charge >= 0.3 is 0 Å². The van der Waals surface area contributed by atoms with Crippen molar-refractivity contribution in [1.29, 1.82) is 0 Å². The van der Waals surface area contributed by atoms with E-state index in [0.717, 1.165) is 12.3 Å². The number of rotatable bonds is 6. The fourth-order valence-corrected chi connectivity index (χ4v) is 2.96. The van der Waals surface area contributed by atoms with E-state index >= 15 is 0 Å². The van der Waals surface area contributed by atoms with Crippen LogP contribution in [0.1, 0.15) is 56.1 Å². The molecule has 6 heteroatoms. The fourth-order valence-electron chi connectivity index (χ4n) is 1.95. The monoisotopic (exact) mass is 296 g/mol. The summed E-state index contributed by atoms with van der Waals surface area (Å²) in [6.45, 7) is 6.85. The number of hydrogen-bond donors (Lipinski definition) is 3. The Morgan fingerprint density at radius 2 is 2.15 bits per heavy atom. The number of aromatic nitrogens is 1. The average Bonchev–Trinajstić information content (AvgIpc) is 3.07. The van der Waals surface area contributed by atoms with Crippen LogP contribution in [0.3, 0.4) is 0 Å². The van der Waals surface area contributed by atoms with E-state index in [-0.39, 0.29) is 11.4 Å². The minimum Gasteiger partial charge on any atom is -0.382 e. The molecule has 0 atom stereocenters. The Balaban J connectivity index is 1.84. The van der Waals surface area contributed by atoms with Gasteiger partial charge in [0.2, 0.25) is 0 Å². The van der Waals surface area contributed by atoms with Crippen molar-refractivity contribution >= 4 is 28.2 Å². The summed E-state index contributed by atoms with van der Waals surface area (Å²) in [4.78, 5) is 16.8. The highest BCUT2D eigenvalue weighted by Crippen LogP contribution is 2.33. The van der Waals surface area contributed by atoms with Crippen molar-refractivity contribution in [3.05, 3.63) is 4.88 Å². The highest BCUT2D eigenvalue weighted by Gasteiger charge is 2.21. The van der Waals surface area contributed by atoms with Gasteiger partial charge in [-0.25, -0.2) is 4.98 Å². The molecule has 1 saturated carbocycles. The number of hydrogen-bond acceptors (Lipinski definition) is 5. The molecule has 0 radical (unpaired) electrons. The van der Waals surface area contributed by atoms with Crippen molar-refractivity contribution in [2.45, 2.75) is 52.0 Å². The molecule has 0 bridgehead atoms. The predicted molar refractivity (Wildman–Crippen MR) is 84.2 cm³/mol. The SMILES string of the molecule is CC(C)(C)Nc1nc(N)c(C(=O)NCCCC2CC2)s1. The van der Waals surface area contributed by atoms with E-state index in [0.29, 0.717) is 22.4 Å². The van der Waals surface area contributed by atoms with Crippen LogP contribution in [0.2, 0.25) is 0 Å². The Hall–Kier alpha value is -1.30. The largest absolute Gasteiger partial charge is 0.382 e. The number of carbonyl (C=O) groups excluding carboxylic acids is 1. The third-order valence-electron chi connectivity index (χ3n) is 3.11. The molecular weight excluding hydrogens is 272 g/mol. The summed E-state index contributed by atoms with van der Waals surface area (Å²) >= 11 is 1.31. The zero-order chi connectivity index (χ0) is 14.8. The van der Waals surface area contributed by atoms with Crippen LogP contribution in [0.25, 0.3) is 0 Å². The Morgan fingerprint density at radius 3 is 2.75 bits per heavy atom. The topological polar surface area (TPSA) is 80.0 Å². The first-order valence-corrected chi connectivity index (χ1v) is 7.99. The third-order valence-corrected chi connectivity index (χ3v) is 4.10. The number of carbonyl (C=O) groups is 1. The van der Waals surface area contributed by atoms with Crippen LogP contribution in [0.4, 0.5) is 10.9 Å². The molecule has 20 heavy (non-hydrogen) atoms. The minimum absolute atomic E-state index is 0.0949. The zero-order valence-electron chi connectivity index (χ0n) is 12.5. The standard InChI is InChI=1S/C14H24N4OS/c1-14(2,3)18-13-17-11(15)10(20-13)12(19)16-8-4-5-9-6-7-9/h9H,4-8,15H2,1-3H3,(H,16,19)(H,17,18). The van der Waals surface area contributed by atoms with Crippen molar-refractivity contribution in [2.24, 2.45) is 5.92 Å². The lowest BCUT2D eigenvalue weighted by atomic mass is 10.1.